The van der Waals surface area contributed by atoms with Crippen molar-refractivity contribution in [3.63, 3.8) is 0 Å². The molecule has 0 saturated heterocycles. The van der Waals surface area contributed by atoms with Crippen molar-refractivity contribution >= 4 is 22.5 Å². The Morgan fingerprint density at radius 3 is 2.50 bits per heavy atom. The van der Waals surface area contributed by atoms with Crippen LogP contribution in [0.25, 0.3) is 22.2 Å². The maximum Gasteiger partial charge on any atom is 0.272 e. The Bertz CT molecular complexity index is 1220. The molecule has 148 valence electrons. The van der Waals surface area contributed by atoms with E-state index in [1.165, 1.54) is 0 Å². The van der Waals surface area contributed by atoms with E-state index in [0.29, 0.717) is 17.7 Å². The van der Waals surface area contributed by atoms with Gasteiger partial charge in [-0.1, -0.05) is 25.1 Å². The van der Waals surface area contributed by atoms with Crippen LogP contribution in [-0.4, -0.2) is 26.7 Å². The fourth-order valence-electron chi connectivity index (χ4n) is 3.21. The van der Waals surface area contributed by atoms with Gasteiger partial charge in [-0.3, -0.25) is 9.78 Å². The van der Waals surface area contributed by atoms with Crippen molar-refractivity contribution < 1.29 is 9.90 Å². The van der Waals surface area contributed by atoms with E-state index in [0.717, 1.165) is 27.7 Å². The van der Waals surface area contributed by atoms with Gasteiger partial charge in [-0.2, -0.15) is 5.10 Å². The van der Waals surface area contributed by atoms with E-state index in [1.807, 2.05) is 43.3 Å². The summed E-state index contributed by atoms with van der Waals surface area (Å²) >= 11 is 0. The SMILES string of the molecule is CC/C(=N\NC(=O)c1cc(-c2ccncc2)nc2ccccc12)c1ccc(O)cc1. The zero-order valence-corrected chi connectivity index (χ0v) is 16.4. The molecule has 0 aliphatic carbocycles. The number of para-hydroxylation sites is 1. The molecule has 2 aromatic carbocycles. The number of rotatable bonds is 5. The number of hydrazone groups is 1. The third-order valence-electron chi connectivity index (χ3n) is 4.76. The van der Waals surface area contributed by atoms with Crippen molar-refractivity contribution in [1.82, 2.24) is 15.4 Å². The quantitative estimate of drug-likeness (QED) is 0.383. The summed E-state index contributed by atoms with van der Waals surface area (Å²) in [5.74, 6) is -0.126. The van der Waals surface area contributed by atoms with Gasteiger partial charge < -0.3 is 5.11 Å². The number of hydrogen-bond donors (Lipinski definition) is 2. The number of phenolic OH excluding ortho intramolecular Hbond substituents is 1. The van der Waals surface area contributed by atoms with Crippen molar-refractivity contribution in [2.75, 3.05) is 0 Å². The molecule has 2 heterocycles. The second kappa shape index (κ2) is 8.53. The van der Waals surface area contributed by atoms with Crippen molar-refractivity contribution in [1.29, 1.82) is 0 Å². The highest BCUT2D eigenvalue weighted by atomic mass is 16.3. The van der Waals surface area contributed by atoms with Crippen molar-refractivity contribution in [3.05, 3.63) is 90.3 Å². The number of aromatic hydroxyl groups is 1. The van der Waals surface area contributed by atoms with Crippen molar-refractivity contribution in [3.8, 4) is 17.0 Å². The number of amides is 1. The minimum Gasteiger partial charge on any atom is -0.508 e. The van der Waals surface area contributed by atoms with Gasteiger partial charge in [0.05, 0.1) is 22.5 Å². The molecule has 0 unspecified atom stereocenters. The highest BCUT2D eigenvalue weighted by Crippen LogP contribution is 2.24. The van der Waals surface area contributed by atoms with Gasteiger partial charge in [0, 0.05) is 23.3 Å². The second-order valence-corrected chi connectivity index (χ2v) is 6.71. The number of nitrogens with one attached hydrogen (secondary N) is 1. The van der Waals surface area contributed by atoms with Crippen LogP contribution >= 0.6 is 0 Å². The van der Waals surface area contributed by atoms with Gasteiger partial charge in [0.2, 0.25) is 0 Å². The van der Waals surface area contributed by atoms with Crippen LogP contribution in [0.3, 0.4) is 0 Å². The molecular formula is C24H20N4O2. The average Bonchev–Trinajstić information content (AvgIpc) is 2.80. The topological polar surface area (TPSA) is 87.5 Å². The molecular weight excluding hydrogens is 376 g/mol. The van der Waals surface area contributed by atoms with E-state index in [2.05, 4.69) is 20.5 Å². The molecule has 2 N–H and O–H groups in total. The largest absolute Gasteiger partial charge is 0.508 e. The van der Waals surface area contributed by atoms with Gasteiger partial charge in [0.15, 0.2) is 0 Å². The number of pyridine rings is 2. The summed E-state index contributed by atoms with van der Waals surface area (Å²) in [6.45, 7) is 1.96. The Balaban J connectivity index is 1.71. The van der Waals surface area contributed by atoms with Crippen LogP contribution in [0.4, 0.5) is 0 Å². The summed E-state index contributed by atoms with van der Waals surface area (Å²) in [7, 11) is 0. The molecule has 0 atom stereocenters. The third-order valence-corrected chi connectivity index (χ3v) is 4.76. The first kappa shape index (κ1) is 19.3. The van der Waals surface area contributed by atoms with Crippen molar-refractivity contribution in [2.45, 2.75) is 13.3 Å². The zero-order valence-electron chi connectivity index (χ0n) is 16.4. The number of fused-ring (bicyclic) bond motifs is 1. The van der Waals surface area contributed by atoms with E-state index in [4.69, 9.17) is 0 Å². The van der Waals surface area contributed by atoms with Crippen molar-refractivity contribution in [2.24, 2.45) is 5.10 Å². The van der Waals surface area contributed by atoms with E-state index >= 15 is 0 Å². The summed E-state index contributed by atoms with van der Waals surface area (Å²) in [6.07, 6.45) is 4.02. The highest BCUT2D eigenvalue weighted by Gasteiger charge is 2.14. The molecule has 0 radical (unpaired) electrons. The molecule has 2 aromatic heterocycles. The predicted molar refractivity (Wildman–Crippen MR) is 117 cm³/mol. The Morgan fingerprint density at radius 2 is 1.77 bits per heavy atom. The first-order valence-electron chi connectivity index (χ1n) is 9.62. The monoisotopic (exact) mass is 396 g/mol. The van der Waals surface area contributed by atoms with E-state index in [9.17, 15) is 9.90 Å². The van der Waals surface area contributed by atoms with Crippen LogP contribution in [0, 0.1) is 0 Å². The normalized spacial score (nSPS) is 11.4. The fraction of sp³-hybridized carbons (Fsp3) is 0.0833. The molecule has 4 rings (SSSR count). The van der Waals surface area contributed by atoms with Crippen LogP contribution < -0.4 is 5.43 Å². The summed E-state index contributed by atoms with van der Waals surface area (Å²) in [4.78, 5) is 21.8. The van der Waals surface area contributed by atoms with Gasteiger partial charge >= 0.3 is 0 Å². The second-order valence-electron chi connectivity index (χ2n) is 6.71. The van der Waals surface area contributed by atoms with Gasteiger partial charge in [-0.05, 0) is 60.5 Å². The van der Waals surface area contributed by atoms with E-state index in [1.54, 1.807) is 42.7 Å². The molecule has 6 nitrogen and oxygen atoms in total. The lowest BCUT2D eigenvalue weighted by molar-refractivity contribution is 0.0956. The molecule has 0 spiro atoms. The molecule has 0 fully saturated rings. The minimum absolute atomic E-state index is 0.185. The van der Waals surface area contributed by atoms with E-state index < -0.39 is 0 Å². The molecule has 0 saturated carbocycles. The number of hydrogen-bond acceptors (Lipinski definition) is 5. The number of benzene rings is 2. The first-order valence-corrected chi connectivity index (χ1v) is 9.62. The van der Waals surface area contributed by atoms with Crippen LogP contribution in [-0.2, 0) is 0 Å². The molecule has 0 bridgehead atoms. The Morgan fingerprint density at radius 1 is 1.03 bits per heavy atom. The summed E-state index contributed by atoms with van der Waals surface area (Å²) in [5, 5.41) is 14.6. The lowest BCUT2D eigenvalue weighted by Gasteiger charge is -2.10. The average molecular weight is 396 g/mol. The number of phenols is 1. The van der Waals surface area contributed by atoms with Gasteiger partial charge in [-0.15, -0.1) is 0 Å². The van der Waals surface area contributed by atoms with Crippen LogP contribution in [0.1, 0.15) is 29.3 Å². The highest BCUT2D eigenvalue weighted by molar-refractivity contribution is 6.08. The summed E-state index contributed by atoms with van der Waals surface area (Å²) < 4.78 is 0. The zero-order chi connectivity index (χ0) is 20.9. The standard InChI is InChI=1S/C24H20N4O2/c1-2-21(16-7-9-18(29)10-8-16)27-28-24(30)20-15-23(17-11-13-25-14-12-17)26-22-6-4-3-5-19(20)22/h3-15,29H,2H2,1H3,(H,28,30)/b27-21+. The number of aromatic nitrogens is 2. The van der Waals surface area contributed by atoms with Crippen LogP contribution in [0.2, 0.25) is 0 Å². The summed E-state index contributed by atoms with van der Waals surface area (Å²) in [5.41, 5.74) is 7.04. The van der Waals surface area contributed by atoms with Crippen LogP contribution in [0.15, 0.2) is 84.2 Å². The minimum atomic E-state index is -0.311. The predicted octanol–water partition coefficient (Wildman–Crippen LogP) is 4.55. The Kier molecular flexibility index (Phi) is 5.48. The molecule has 30 heavy (non-hydrogen) atoms. The molecule has 1 amide bonds. The first-order chi connectivity index (χ1) is 14.7. The molecule has 0 aliphatic rings. The summed E-state index contributed by atoms with van der Waals surface area (Å²) in [6, 6.07) is 19.8. The van der Waals surface area contributed by atoms with Gasteiger partial charge in [-0.25, -0.2) is 10.4 Å². The molecule has 4 aromatic rings. The lowest BCUT2D eigenvalue weighted by atomic mass is 10.0. The number of nitrogens with zero attached hydrogens (tertiary/aromatic N) is 3. The number of carbonyl (C=O) groups is 1. The van der Waals surface area contributed by atoms with Crippen LogP contribution in [0.5, 0.6) is 5.75 Å². The maximum atomic E-state index is 13.0. The molecule has 6 heteroatoms. The Hall–Kier alpha value is -4.06. The Labute approximate surface area is 173 Å². The lowest BCUT2D eigenvalue weighted by Crippen LogP contribution is -2.20. The maximum absolute atomic E-state index is 13.0. The van der Waals surface area contributed by atoms with E-state index in [-0.39, 0.29) is 11.7 Å². The van der Waals surface area contributed by atoms with Gasteiger partial charge in [0.1, 0.15) is 5.75 Å². The fourth-order valence-corrected chi connectivity index (χ4v) is 3.21. The molecule has 0 aliphatic heterocycles. The number of carbonyl (C=O) groups excluding carboxylic acids is 1. The van der Waals surface area contributed by atoms with Gasteiger partial charge in [0.25, 0.3) is 5.91 Å². The smallest absolute Gasteiger partial charge is 0.272 e. The third kappa shape index (κ3) is 4.03.